The first-order valence-corrected chi connectivity index (χ1v) is 4.46. The fourth-order valence-electron chi connectivity index (χ4n) is 0.814. The molecule has 0 heterocycles. The van der Waals surface area contributed by atoms with Gasteiger partial charge in [-0.2, -0.15) is 5.10 Å². The molecule has 0 atom stereocenters. The molecule has 14 heavy (non-hydrogen) atoms. The van der Waals surface area contributed by atoms with Crippen LogP contribution in [0.1, 0.15) is 5.56 Å². The molecule has 0 spiro atoms. The monoisotopic (exact) mass is 229 g/mol. The maximum Gasteiger partial charge on any atom is 0.184 e. The van der Waals surface area contributed by atoms with E-state index in [4.69, 9.17) is 17.3 Å². The van der Waals surface area contributed by atoms with Crippen molar-refractivity contribution in [1.82, 2.24) is 5.43 Å². The van der Waals surface area contributed by atoms with Gasteiger partial charge in [0, 0.05) is 0 Å². The molecule has 1 aromatic rings. The second kappa shape index (κ2) is 4.78. The van der Waals surface area contributed by atoms with Gasteiger partial charge in [-0.3, -0.25) is 5.43 Å². The average molecular weight is 230 g/mol. The average Bonchev–Trinajstić information content (AvgIpc) is 2.09. The van der Waals surface area contributed by atoms with Crippen LogP contribution in [0.25, 0.3) is 0 Å². The second-order valence-corrected chi connectivity index (χ2v) is 3.25. The Bertz CT molecular complexity index is 361. The molecule has 4 N–H and O–H groups in total. The van der Waals surface area contributed by atoms with E-state index < -0.39 is 0 Å². The van der Waals surface area contributed by atoms with Crippen molar-refractivity contribution in [1.29, 1.82) is 0 Å². The number of benzene rings is 1. The molecule has 0 aliphatic rings. The van der Waals surface area contributed by atoms with Gasteiger partial charge in [-0.15, -0.1) is 0 Å². The quantitative estimate of drug-likeness (QED) is 0.405. The van der Waals surface area contributed by atoms with Crippen LogP contribution in [0.2, 0.25) is 5.02 Å². The van der Waals surface area contributed by atoms with Gasteiger partial charge in [-0.25, -0.2) is 0 Å². The first-order valence-electron chi connectivity index (χ1n) is 3.67. The third-order valence-corrected chi connectivity index (χ3v) is 1.82. The zero-order chi connectivity index (χ0) is 10.6. The Kier molecular flexibility index (Phi) is 3.67. The van der Waals surface area contributed by atoms with E-state index in [1.54, 1.807) is 12.1 Å². The first-order chi connectivity index (χ1) is 6.61. The fourth-order valence-corrected chi connectivity index (χ4v) is 1.08. The van der Waals surface area contributed by atoms with Crippen LogP contribution in [0.3, 0.4) is 0 Å². The number of hydrogen-bond acceptors (Lipinski definition) is 3. The number of nitrogens with two attached hydrogens (primary N) is 1. The third-order valence-electron chi connectivity index (χ3n) is 1.40. The zero-order valence-corrected chi connectivity index (χ0v) is 8.64. The Morgan fingerprint density at radius 1 is 1.64 bits per heavy atom. The molecular weight excluding hydrogens is 222 g/mol. The van der Waals surface area contributed by atoms with Gasteiger partial charge >= 0.3 is 0 Å². The van der Waals surface area contributed by atoms with Gasteiger partial charge in [0.2, 0.25) is 0 Å². The Morgan fingerprint density at radius 2 is 2.36 bits per heavy atom. The number of nitrogens with zero attached hydrogens (tertiary/aromatic N) is 1. The number of nitrogens with one attached hydrogen (secondary N) is 1. The van der Waals surface area contributed by atoms with Gasteiger partial charge in [0.1, 0.15) is 5.75 Å². The molecule has 0 fully saturated rings. The largest absolute Gasteiger partial charge is 0.507 e. The maximum absolute atomic E-state index is 9.39. The molecule has 0 aromatic heterocycles. The van der Waals surface area contributed by atoms with Crippen LogP contribution in [0.15, 0.2) is 23.3 Å². The summed E-state index contributed by atoms with van der Waals surface area (Å²) in [5.74, 6) is 0.0472. The summed E-state index contributed by atoms with van der Waals surface area (Å²) in [6.07, 6.45) is 1.34. The maximum atomic E-state index is 9.39. The van der Waals surface area contributed by atoms with Crippen LogP contribution in [0, 0.1) is 0 Å². The van der Waals surface area contributed by atoms with Gasteiger partial charge in [0.25, 0.3) is 0 Å². The lowest BCUT2D eigenvalue weighted by Gasteiger charge is -2.00. The van der Waals surface area contributed by atoms with Gasteiger partial charge < -0.3 is 10.8 Å². The smallest absolute Gasteiger partial charge is 0.184 e. The minimum absolute atomic E-state index is 0.0472. The number of halogens is 1. The molecule has 1 rings (SSSR count). The first kappa shape index (κ1) is 10.7. The molecule has 0 unspecified atom stereocenters. The number of hydrazone groups is 1. The van der Waals surface area contributed by atoms with E-state index in [1.807, 2.05) is 0 Å². The minimum Gasteiger partial charge on any atom is -0.507 e. The molecule has 0 saturated carbocycles. The molecule has 0 saturated heterocycles. The van der Waals surface area contributed by atoms with E-state index in [0.717, 1.165) is 0 Å². The molecule has 0 aliphatic carbocycles. The lowest BCUT2D eigenvalue weighted by atomic mass is 10.2. The summed E-state index contributed by atoms with van der Waals surface area (Å²) in [6, 6.07) is 4.79. The Balaban J connectivity index is 2.85. The van der Waals surface area contributed by atoms with E-state index in [-0.39, 0.29) is 10.9 Å². The van der Waals surface area contributed by atoms with Crippen molar-refractivity contribution in [2.45, 2.75) is 0 Å². The number of aromatic hydroxyl groups is 1. The SMILES string of the molecule is NC(=S)N/N=C/c1c(O)cccc1Cl. The molecule has 1 aromatic carbocycles. The van der Waals surface area contributed by atoms with Crippen LogP contribution in [-0.2, 0) is 0 Å². The summed E-state index contributed by atoms with van der Waals surface area (Å²) < 4.78 is 0. The van der Waals surface area contributed by atoms with Crippen LogP contribution in [-0.4, -0.2) is 16.4 Å². The molecule has 4 nitrogen and oxygen atoms in total. The van der Waals surface area contributed by atoms with Crippen molar-refractivity contribution in [2.75, 3.05) is 0 Å². The summed E-state index contributed by atoms with van der Waals surface area (Å²) >= 11 is 10.3. The highest BCUT2D eigenvalue weighted by Crippen LogP contribution is 2.22. The summed E-state index contributed by atoms with van der Waals surface area (Å²) in [7, 11) is 0. The van der Waals surface area contributed by atoms with Crippen molar-refractivity contribution in [3.8, 4) is 5.75 Å². The van der Waals surface area contributed by atoms with Crippen LogP contribution in [0.5, 0.6) is 5.75 Å². The van der Waals surface area contributed by atoms with E-state index in [9.17, 15) is 5.11 Å². The molecular formula is C8H8ClN3OS. The van der Waals surface area contributed by atoms with Crippen LogP contribution in [0.4, 0.5) is 0 Å². The molecule has 0 aliphatic heterocycles. The van der Waals surface area contributed by atoms with Crippen molar-refractivity contribution < 1.29 is 5.11 Å². The van der Waals surface area contributed by atoms with E-state index in [2.05, 4.69) is 22.7 Å². The molecule has 0 amide bonds. The minimum atomic E-state index is 0.0472. The topological polar surface area (TPSA) is 70.6 Å². The number of phenols is 1. The number of hydrogen-bond donors (Lipinski definition) is 3. The number of rotatable bonds is 2. The number of phenolic OH excluding ortho intramolecular Hbond substituents is 1. The van der Waals surface area contributed by atoms with Gasteiger partial charge in [0.05, 0.1) is 16.8 Å². The molecule has 0 radical (unpaired) electrons. The van der Waals surface area contributed by atoms with Crippen molar-refractivity contribution >= 4 is 35.1 Å². The van der Waals surface area contributed by atoms with Gasteiger partial charge in [-0.05, 0) is 24.4 Å². The molecule has 74 valence electrons. The normalized spacial score (nSPS) is 10.4. The summed E-state index contributed by atoms with van der Waals surface area (Å²) in [4.78, 5) is 0. The second-order valence-electron chi connectivity index (χ2n) is 2.41. The zero-order valence-electron chi connectivity index (χ0n) is 7.07. The highest BCUT2D eigenvalue weighted by Gasteiger charge is 2.01. The summed E-state index contributed by atoms with van der Waals surface area (Å²) in [5.41, 5.74) is 7.92. The molecule has 6 heteroatoms. The van der Waals surface area contributed by atoms with Crippen molar-refractivity contribution in [3.63, 3.8) is 0 Å². The van der Waals surface area contributed by atoms with E-state index >= 15 is 0 Å². The van der Waals surface area contributed by atoms with E-state index in [0.29, 0.717) is 10.6 Å². The molecule has 0 bridgehead atoms. The Morgan fingerprint density at radius 3 is 2.93 bits per heavy atom. The Labute approximate surface area is 91.4 Å². The Hall–Kier alpha value is -1.33. The highest BCUT2D eigenvalue weighted by atomic mass is 35.5. The fraction of sp³-hybridized carbons (Fsp3) is 0. The standard InChI is InChI=1S/C8H8ClN3OS/c9-6-2-1-3-7(13)5(6)4-11-12-8(10)14/h1-4,13H,(H3,10,12,14)/b11-4+. The lowest BCUT2D eigenvalue weighted by Crippen LogP contribution is -2.24. The third kappa shape index (κ3) is 2.86. The van der Waals surface area contributed by atoms with Crippen molar-refractivity contribution in [3.05, 3.63) is 28.8 Å². The predicted octanol–water partition coefficient (Wildman–Crippen LogP) is 1.21. The van der Waals surface area contributed by atoms with Gasteiger partial charge in [-0.1, -0.05) is 17.7 Å². The van der Waals surface area contributed by atoms with E-state index in [1.165, 1.54) is 12.3 Å². The number of thiocarbonyl (C=S) groups is 1. The lowest BCUT2D eigenvalue weighted by molar-refractivity contribution is 0.474. The van der Waals surface area contributed by atoms with Gasteiger partial charge in [0.15, 0.2) is 5.11 Å². The van der Waals surface area contributed by atoms with Crippen LogP contribution >= 0.6 is 23.8 Å². The summed E-state index contributed by atoms with van der Waals surface area (Å²) in [6.45, 7) is 0. The van der Waals surface area contributed by atoms with Crippen molar-refractivity contribution in [2.24, 2.45) is 10.8 Å². The highest BCUT2D eigenvalue weighted by molar-refractivity contribution is 7.80. The summed E-state index contributed by atoms with van der Waals surface area (Å²) in [5, 5.41) is 13.5. The predicted molar refractivity (Wildman–Crippen MR) is 60.6 cm³/mol. The van der Waals surface area contributed by atoms with Crippen LogP contribution < -0.4 is 11.2 Å².